The normalized spacial score (nSPS) is 27.7. The van der Waals surface area contributed by atoms with Crippen molar-refractivity contribution >= 4 is 0 Å². The van der Waals surface area contributed by atoms with Crippen molar-refractivity contribution in [2.45, 2.75) is 58.0 Å². The van der Waals surface area contributed by atoms with Crippen molar-refractivity contribution in [1.29, 1.82) is 5.26 Å². The maximum atomic E-state index is 9.40. The summed E-state index contributed by atoms with van der Waals surface area (Å²) in [6.45, 7) is 9.83. The molecule has 92 valence electrons. The smallest absolute Gasteiger partial charge is 0.108 e. The van der Waals surface area contributed by atoms with Crippen LogP contribution in [0.2, 0.25) is 0 Å². The van der Waals surface area contributed by atoms with Crippen LogP contribution in [-0.2, 0) is 0 Å². The van der Waals surface area contributed by atoms with Gasteiger partial charge in [-0.2, -0.15) is 5.26 Å². The fourth-order valence-electron chi connectivity index (χ4n) is 2.57. The first-order chi connectivity index (χ1) is 7.62. The van der Waals surface area contributed by atoms with Gasteiger partial charge < -0.3 is 4.90 Å². The topological polar surface area (TPSA) is 39.1 Å². The monoisotopic (exact) mass is 223 g/mol. The molecule has 0 aliphatic carbocycles. The van der Waals surface area contributed by atoms with Crippen LogP contribution < -0.4 is 5.32 Å². The third-order valence-electron chi connectivity index (χ3n) is 3.25. The van der Waals surface area contributed by atoms with Gasteiger partial charge in [0.1, 0.15) is 5.54 Å². The average molecular weight is 223 g/mol. The van der Waals surface area contributed by atoms with E-state index in [1.807, 2.05) is 0 Å². The maximum absolute atomic E-state index is 9.40. The fourth-order valence-corrected chi connectivity index (χ4v) is 2.57. The number of nitriles is 1. The summed E-state index contributed by atoms with van der Waals surface area (Å²) >= 11 is 0. The van der Waals surface area contributed by atoms with E-state index >= 15 is 0 Å². The molecule has 1 N–H and O–H groups in total. The largest absolute Gasteiger partial charge is 0.303 e. The fraction of sp³-hybridized carbons (Fsp3) is 0.923. The van der Waals surface area contributed by atoms with Crippen molar-refractivity contribution in [3.8, 4) is 6.07 Å². The molecule has 16 heavy (non-hydrogen) atoms. The Labute approximate surface area is 99.8 Å². The number of likely N-dealkylation sites (tertiary alicyclic amines) is 1. The zero-order valence-corrected chi connectivity index (χ0v) is 10.9. The first-order valence-corrected chi connectivity index (χ1v) is 6.53. The lowest BCUT2D eigenvalue weighted by Gasteiger charge is -2.29. The van der Waals surface area contributed by atoms with E-state index in [1.165, 1.54) is 13.0 Å². The third kappa shape index (κ3) is 3.77. The first-order valence-electron chi connectivity index (χ1n) is 6.53. The molecule has 0 spiro atoms. The summed E-state index contributed by atoms with van der Waals surface area (Å²) < 4.78 is 0. The summed E-state index contributed by atoms with van der Waals surface area (Å²) in [7, 11) is 0. The number of nitrogens with one attached hydrogen (secondary N) is 1. The summed E-state index contributed by atoms with van der Waals surface area (Å²) in [6, 6.07) is 2.90. The minimum absolute atomic E-state index is 0.281. The van der Waals surface area contributed by atoms with E-state index in [9.17, 15) is 5.26 Å². The van der Waals surface area contributed by atoms with Crippen LogP contribution in [0.5, 0.6) is 0 Å². The predicted octanol–water partition coefficient (Wildman–Crippen LogP) is 2.14. The quantitative estimate of drug-likeness (QED) is 0.793. The summed E-state index contributed by atoms with van der Waals surface area (Å²) in [5.74, 6) is 0. The predicted molar refractivity (Wildman–Crippen MR) is 67.2 cm³/mol. The molecule has 0 aromatic rings. The van der Waals surface area contributed by atoms with Gasteiger partial charge in [-0.05, 0) is 52.6 Å². The number of nitrogens with zero attached hydrogens (tertiary/aromatic N) is 2. The highest BCUT2D eigenvalue weighted by molar-refractivity contribution is 5.09. The van der Waals surface area contributed by atoms with Crippen LogP contribution in [0.15, 0.2) is 0 Å². The summed E-state index contributed by atoms with van der Waals surface area (Å²) in [5, 5.41) is 12.9. The van der Waals surface area contributed by atoms with E-state index in [0.717, 1.165) is 32.4 Å². The lowest BCUT2D eigenvalue weighted by atomic mass is 9.91. The highest BCUT2D eigenvalue weighted by Gasteiger charge is 2.32. The minimum Gasteiger partial charge on any atom is -0.303 e. The van der Waals surface area contributed by atoms with Gasteiger partial charge in [0.15, 0.2) is 0 Å². The summed E-state index contributed by atoms with van der Waals surface area (Å²) in [5.41, 5.74) is -0.281. The zero-order valence-electron chi connectivity index (χ0n) is 10.9. The number of rotatable bonds is 4. The van der Waals surface area contributed by atoms with Crippen LogP contribution in [0.25, 0.3) is 0 Å². The second kappa shape index (κ2) is 6.22. The van der Waals surface area contributed by atoms with Gasteiger partial charge in [0, 0.05) is 12.6 Å². The molecule has 0 saturated carbocycles. The van der Waals surface area contributed by atoms with E-state index in [4.69, 9.17) is 0 Å². The molecule has 1 atom stereocenters. The molecule has 0 amide bonds. The highest BCUT2D eigenvalue weighted by atomic mass is 15.1. The van der Waals surface area contributed by atoms with E-state index in [-0.39, 0.29) is 5.54 Å². The van der Waals surface area contributed by atoms with Gasteiger partial charge in [-0.15, -0.1) is 0 Å². The van der Waals surface area contributed by atoms with E-state index in [1.54, 1.807) is 0 Å². The standard InChI is InChI=1S/C13H25N3/c1-4-8-16-9-5-6-13(11-14,7-10-16)15-12(2)3/h12,15H,4-10H2,1-3H3. The Morgan fingerprint density at radius 2 is 2.12 bits per heavy atom. The SMILES string of the molecule is CCCN1CCCC(C#N)(NC(C)C)CC1. The third-order valence-corrected chi connectivity index (χ3v) is 3.25. The van der Waals surface area contributed by atoms with Crippen LogP contribution in [0.4, 0.5) is 0 Å². The van der Waals surface area contributed by atoms with E-state index < -0.39 is 0 Å². The van der Waals surface area contributed by atoms with Crippen LogP contribution in [0, 0.1) is 11.3 Å². The van der Waals surface area contributed by atoms with Gasteiger partial charge in [-0.3, -0.25) is 5.32 Å². The minimum atomic E-state index is -0.281. The molecule has 1 aliphatic heterocycles. The van der Waals surface area contributed by atoms with E-state index in [2.05, 4.69) is 37.1 Å². The maximum Gasteiger partial charge on any atom is 0.108 e. The summed E-state index contributed by atoms with van der Waals surface area (Å²) in [6.07, 6.45) is 4.29. The molecule has 3 heteroatoms. The zero-order chi connectivity index (χ0) is 12.0. The van der Waals surface area contributed by atoms with Gasteiger partial charge in [-0.25, -0.2) is 0 Å². The molecule has 1 rings (SSSR count). The Hall–Kier alpha value is -0.590. The number of hydrogen-bond donors (Lipinski definition) is 1. The number of hydrogen-bond acceptors (Lipinski definition) is 3. The van der Waals surface area contributed by atoms with Crippen LogP contribution in [0.3, 0.4) is 0 Å². The Balaban J connectivity index is 2.58. The van der Waals surface area contributed by atoms with Crippen LogP contribution in [-0.4, -0.2) is 36.1 Å². The molecule has 0 aromatic carbocycles. The molecule has 0 bridgehead atoms. The first kappa shape index (κ1) is 13.5. The van der Waals surface area contributed by atoms with Gasteiger partial charge in [0.25, 0.3) is 0 Å². The molecular formula is C13H25N3. The lowest BCUT2D eigenvalue weighted by Crippen LogP contribution is -2.48. The molecule has 1 aliphatic rings. The Bertz CT molecular complexity index is 244. The molecular weight excluding hydrogens is 198 g/mol. The second-order valence-corrected chi connectivity index (χ2v) is 5.19. The van der Waals surface area contributed by atoms with Crippen LogP contribution >= 0.6 is 0 Å². The van der Waals surface area contributed by atoms with Gasteiger partial charge in [0.05, 0.1) is 6.07 Å². The molecule has 3 nitrogen and oxygen atoms in total. The lowest BCUT2D eigenvalue weighted by molar-refractivity contribution is 0.272. The molecule has 0 radical (unpaired) electrons. The molecule has 1 heterocycles. The van der Waals surface area contributed by atoms with Gasteiger partial charge in [0.2, 0.25) is 0 Å². The Kier molecular flexibility index (Phi) is 5.24. The molecule has 0 aromatic heterocycles. The molecule has 1 saturated heterocycles. The van der Waals surface area contributed by atoms with Crippen molar-refractivity contribution in [3.63, 3.8) is 0 Å². The van der Waals surface area contributed by atoms with Crippen LogP contribution in [0.1, 0.15) is 46.5 Å². The highest BCUT2D eigenvalue weighted by Crippen LogP contribution is 2.22. The van der Waals surface area contributed by atoms with Gasteiger partial charge in [-0.1, -0.05) is 6.92 Å². The molecule has 1 unspecified atom stereocenters. The van der Waals surface area contributed by atoms with E-state index in [0.29, 0.717) is 6.04 Å². The summed E-state index contributed by atoms with van der Waals surface area (Å²) in [4.78, 5) is 2.49. The van der Waals surface area contributed by atoms with Crippen molar-refractivity contribution in [2.75, 3.05) is 19.6 Å². The Morgan fingerprint density at radius 3 is 2.69 bits per heavy atom. The van der Waals surface area contributed by atoms with Crippen molar-refractivity contribution in [2.24, 2.45) is 0 Å². The van der Waals surface area contributed by atoms with Gasteiger partial charge >= 0.3 is 0 Å². The van der Waals surface area contributed by atoms with Crippen molar-refractivity contribution in [1.82, 2.24) is 10.2 Å². The van der Waals surface area contributed by atoms with Crippen molar-refractivity contribution in [3.05, 3.63) is 0 Å². The average Bonchev–Trinajstić information content (AvgIpc) is 2.42. The second-order valence-electron chi connectivity index (χ2n) is 5.19. The Morgan fingerprint density at radius 1 is 1.38 bits per heavy atom. The van der Waals surface area contributed by atoms with Crippen molar-refractivity contribution < 1.29 is 0 Å². The molecule has 1 fully saturated rings.